The maximum absolute atomic E-state index is 12.5. The summed E-state index contributed by atoms with van der Waals surface area (Å²) < 4.78 is 7.19. The largest absolute Gasteiger partial charge is 0.465 e. The third-order valence-corrected chi connectivity index (χ3v) is 5.60. The number of aromatic nitrogens is 2. The third kappa shape index (κ3) is 2.84. The van der Waals surface area contributed by atoms with Gasteiger partial charge in [0.1, 0.15) is 11.4 Å². The van der Waals surface area contributed by atoms with Crippen LogP contribution in [0.2, 0.25) is 0 Å². The van der Waals surface area contributed by atoms with Crippen LogP contribution in [0.15, 0.2) is 30.3 Å². The zero-order chi connectivity index (χ0) is 19.1. The minimum atomic E-state index is -0.343. The Bertz CT molecular complexity index is 1010. The zero-order valence-corrected chi connectivity index (χ0v) is 16.4. The van der Waals surface area contributed by atoms with Crippen LogP contribution in [-0.4, -0.2) is 60.6 Å². The first-order chi connectivity index (χ1) is 13.0. The van der Waals surface area contributed by atoms with Crippen LogP contribution in [0, 0.1) is 0 Å². The summed E-state index contributed by atoms with van der Waals surface area (Å²) in [5, 5.41) is 0. The Hall–Kier alpha value is -2.60. The molecule has 1 aliphatic rings. The van der Waals surface area contributed by atoms with Crippen LogP contribution in [-0.2, 0) is 11.2 Å². The van der Waals surface area contributed by atoms with Crippen molar-refractivity contribution in [3.05, 3.63) is 41.5 Å². The van der Waals surface area contributed by atoms with Crippen LogP contribution >= 0.6 is 0 Å². The first-order valence-electron chi connectivity index (χ1n) is 9.48. The Labute approximate surface area is 159 Å². The molecule has 0 bridgehead atoms. The SMILES string of the molecule is CCc1cc(C(=O)OC)c2nc3ccccc3n2c1N1CC[C@H](N(C)C)C1. The standard InChI is InChI=1S/C21H26N4O2/c1-5-14-12-16(21(26)27-4)19-22-17-8-6-7-9-18(17)25(19)20(14)24-11-10-15(13-24)23(2)3/h6-9,12,15H,5,10-11,13H2,1-4H3/t15-/m0/s1. The van der Waals surface area contributed by atoms with Gasteiger partial charge in [0.2, 0.25) is 0 Å². The van der Waals surface area contributed by atoms with E-state index in [0.717, 1.165) is 48.3 Å². The molecular weight excluding hydrogens is 340 g/mol. The van der Waals surface area contributed by atoms with Crippen molar-refractivity contribution in [1.82, 2.24) is 14.3 Å². The number of fused-ring (bicyclic) bond motifs is 3. The summed E-state index contributed by atoms with van der Waals surface area (Å²) in [7, 11) is 5.69. The molecule has 0 aliphatic carbocycles. The fourth-order valence-electron chi connectivity index (χ4n) is 4.09. The van der Waals surface area contributed by atoms with Gasteiger partial charge in [-0.1, -0.05) is 19.1 Å². The minimum absolute atomic E-state index is 0.343. The summed E-state index contributed by atoms with van der Waals surface area (Å²) >= 11 is 0. The number of hydrogen-bond donors (Lipinski definition) is 0. The number of aryl methyl sites for hydroxylation is 1. The topological polar surface area (TPSA) is 50.1 Å². The number of carbonyl (C=O) groups is 1. The number of likely N-dealkylation sites (N-methyl/N-ethyl adjacent to an activating group) is 1. The number of anilines is 1. The van der Waals surface area contributed by atoms with E-state index < -0.39 is 0 Å². The van der Waals surface area contributed by atoms with Gasteiger partial charge in [-0.25, -0.2) is 9.78 Å². The van der Waals surface area contributed by atoms with Crippen LogP contribution < -0.4 is 4.90 Å². The first kappa shape index (κ1) is 17.8. The Balaban J connectivity index is 2.01. The van der Waals surface area contributed by atoms with Crippen LogP contribution in [0.5, 0.6) is 0 Å². The summed E-state index contributed by atoms with van der Waals surface area (Å²) in [5.41, 5.74) is 4.25. The van der Waals surface area contributed by atoms with Gasteiger partial charge in [0.15, 0.2) is 5.65 Å². The summed E-state index contributed by atoms with van der Waals surface area (Å²) in [4.78, 5) is 21.9. The van der Waals surface area contributed by atoms with Crippen LogP contribution in [0.3, 0.4) is 0 Å². The number of esters is 1. The lowest BCUT2D eigenvalue weighted by Crippen LogP contribution is -2.32. The van der Waals surface area contributed by atoms with E-state index in [2.05, 4.69) is 41.3 Å². The molecule has 1 saturated heterocycles. The van der Waals surface area contributed by atoms with Crippen molar-refractivity contribution in [2.75, 3.05) is 39.2 Å². The fourth-order valence-corrected chi connectivity index (χ4v) is 4.09. The van der Waals surface area contributed by atoms with Gasteiger partial charge in [-0.15, -0.1) is 0 Å². The van der Waals surface area contributed by atoms with Gasteiger partial charge in [-0.05, 0) is 50.7 Å². The lowest BCUT2D eigenvalue weighted by atomic mass is 10.1. The Kier molecular flexibility index (Phi) is 4.52. The molecule has 1 aliphatic heterocycles. The highest BCUT2D eigenvalue weighted by Crippen LogP contribution is 2.33. The molecule has 0 radical (unpaired) electrons. The average molecular weight is 366 g/mol. The summed E-state index contributed by atoms with van der Waals surface area (Å²) in [6.45, 7) is 4.10. The van der Waals surface area contributed by atoms with Crippen LogP contribution in [0.25, 0.3) is 16.7 Å². The highest BCUT2D eigenvalue weighted by atomic mass is 16.5. The highest BCUT2D eigenvalue weighted by molar-refractivity contribution is 5.99. The van der Waals surface area contributed by atoms with Crippen molar-refractivity contribution in [2.45, 2.75) is 25.8 Å². The number of rotatable bonds is 4. The molecule has 27 heavy (non-hydrogen) atoms. The molecule has 0 amide bonds. The number of nitrogens with zero attached hydrogens (tertiary/aromatic N) is 4. The molecule has 142 valence electrons. The second-order valence-corrected chi connectivity index (χ2v) is 7.36. The Morgan fingerprint density at radius 2 is 2.11 bits per heavy atom. The summed E-state index contributed by atoms with van der Waals surface area (Å²) in [5.74, 6) is 0.808. The molecule has 1 fully saturated rings. The predicted octanol–water partition coefficient (Wildman–Crippen LogP) is 2.98. The lowest BCUT2D eigenvalue weighted by molar-refractivity contribution is 0.0602. The Morgan fingerprint density at radius 3 is 2.78 bits per heavy atom. The molecule has 2 aromatic heterocycles. The van der Waals surface area contributed by atoms with E-state index in [-0.39, 0.29) is 5.97 Å². The maximum atomic E-state index is 12.5. The van der Waals surface area contributed by atoms with E-state index in [9.17, 15) is 4.79 Å². The molecule has 3 heterocycles. The van der Waals surface area contributed by atoms with E-state index in [1.165, 1.54) is 7.11 Å². The van der Waals surface area contributed by atoms with Gasteiger partial charge in [0.25, 0.3) is 0 Å². The van der Waals surface area contributed by atoms with E-state index in [1.54, 1.807) is 0 Å². The van der Waals surface area contributed by atoms with E-state index in [4.69, 9.17) is 9.72 Å². The molecule has 4 rings (SSSR count). The zero-order valence-electron chi connectivity index (χ0n) is 16.4. The second-order valence-electron chi connectivity index (χ2n) is 7.36. The number of benzene rings is 1. The van der Waals surface area contributed by atoms with Gasteiger partial charge < -0.3 is 14.5 Å². The monoisotopic (exact) mass is 366 g/mol. The van der Waals surface area contributed by atoms with Crippen LogP contribution in [0.1, 0.15) is 29.3 Å². The number of imidazole rings is 1. The third-order valence-electron chi connectivity index (χ3n) is 5.60. The first-order valence-corrected chi connectivity index (χ1v) is 9.48. The van der Waals surface area contributed by atoms with Crippen molar-refractivity contribution in [1.29, 1.82) is 0 Å². The summed E-state index contributed by atoms with van der Waals surface area (Å²) in [6.07, 6.45) is 1.97. The van der Waals surface area contributed by atoms with Crippen molar-refractivity contribution in [2.24, 2.45) is 0 Å². The minimum Gasteiger partial charge on any atom is -0.465 e. The second kappa shape index (κ2) is 6.85. The molecular formula is C21H26N4O2. The quantitative estimate of drug-likeness (QED) is 0.665. The number of carbonyl (C=O) groups excluding carboxylic acids is 1. The van der Waals surface area contributed by atoms with E-state index >= 15 is 0 Å². The summed E-state index contributed by atoms with van der Waals surface area (Å²) in [6, 6.07) is 10.5. The van der Waals surface area contributed by atoms with Crippen LogP contribution in [0.4, 0.5) is 5.82 Å². The van der Waals surface area contributed by atoms with Gasteiger partial charge in [0, 0.05) is 19.1 Å². The molecule has 3 aromatic rings. The fraction of sp³-hybridized carbons (Fsp3) is 0.429. The Morgan fingerprint density at radius 1 is 1.33 bits per heavy atom. The molecule has 6 nitrogen and oxygen atoms in total. The number of para-hydroxylation sites is 2. The predicted molar refractivity (Wildman–Crippen MR) is 108 cm³/mol. The molecule has 1 atom stereocenters. The number of pyridine rings is 1. The molecule has 0 unspecified atom stereocenters. The smallest absolute Gasteiger partial charge is 0.341 e. The number of methoxy groups -OCH3 is 1. The van der Waals surface area contributed by atoms with Gasteiger partial charge in [-0.2, -0.15) is 0 Å². The molecule has 0 saturated carbocycles. The van der Waals surface area contributed by atoms with Crippen molar-refractivity contribution < 1.29 is 9.53 Å². The lowest BCUT2D eigenvalue weighted by Gasteiger charge is -2.25. The van der Waals surface area contributed by atoms with Gasteiger partial charge in [0.05, 0.1) is 18.1 Å². The van der Waals surface area contributed by atoms with Gasteiger partial charge >= 0.3 is 5.97 Å². The van der Waals surface area contributed by atoms with E-state index in [1.807, 2.05) is 24.3 Å². The molecule has 0 spiro atoms. The number of ether oxygens (including phenoxy) is 1. The molecule has 6 heteroatoms. The van der Waals surface area contributed by atoms with Crippen molar-refractivity contribution in [3.8, 4) is 0 Å². The molecule has 1 aromatic carbocycles. The molecule has 0 N–H and O–H groups in total. The highest BCUT2D eigenvalue weighted by Gasteiger charge is 2.29. The van der Waals surface area contributed by atoms with Crippen molar-refractivity contribution in [3.63, 3.8) is 0 Å². The van der Waals surface area contributed by atoms with Crippen molar-refractivity contribution >= 4 is 28.5 Å². The number of hydrogen-bond acceptors (Lipinski definition) is 5. The van der Waals surface area contributed by atoms with E-state index in [0.29, 0.717) is 17.3 Å². The maximum Gasteiger partial charge on any atom is 0.341 e. The van der Waals surface area contributed by atoms with Gasteiger partial charge in [-0.3, -0.25) is 4.40 Å². The average Bonchev–Trinajstić information content (AvgIpc) is 3.31. The normalized spacial score (nSPS) is 17.4.